The molecule has 2 aromatic heterocycles. The number of hydrogen-bond donors (Lipinski definition) is 3. The molecule has 27 heavy (non-hydrogen) atoms. The number of nitrogens with one attached hydrogen (secondary N) is 3. The summed E-state index contributed by atoms with van der Waals surface area (Å²) >= 11 is 0. The van der Waals surface area contributed by atoms with Crippen LogP contribution in [0.3, 0.4) is 0 Å². The topological polar surface area (TPSA) is 100 Å². The molecule has 2 aliphatic rings. The number of furan rings is 1. The number of hydrogen-bond acceptors (Lipinski definition) is 5. The molecule has 1 spiro atoms. The van der Waals surface area contributed by atoms with Gasteiger partial charge in [-0.3, -0.25) is 10.1 Å². The first kappa shape index (κ1) is 20.1. The van der Waals surface area contributed by atoms with Crippen LogP contribution in [0.4, 0.5) is 0 Å². The molecule has 3 N–H and O–H groups in total. The Morgan fingerprint density at radius 1 is 1.48 bits per heavy atom. The number of rotatable bonds is 6. The fourth-order valence-corrected chi connectivity index (χ4v) is 4.06. The number of guanidine groups is 1. The van der Waals surface area contributed by atoms with Crippen molar-refractivity contribution in [2.24, 2.45) is 10.4 Å². The predicted molar refractivity (Wildman–Crippen MR) is 113 cm³/mol. The van der Waals surface area contributed by atoms with E-state index in [9.17, 15) is 0 Å². The molecule has 0 aliphatic heterocycles. The molecule has 148 valence electrons. The van der Waals surface area contributed by atoms with E-state index in [0.29, 0.717) is 35.7 Å². The highest BCUT2D eigenvalue weighted by molar-refractivity contribution is 14.0. The first-order chi connectivity index (χ1) is 12.7. The molecule has 2 atom stereocenters. The fraction of sp³-hybridized carbons (Fsp3) is 0.611. The minimum atomic E-state index is 0. The summed E-state index contributed by atoms with van der Waals surface area (Å²) in [6.45, 7) is 3.37. The average molecular weight is 486 g/mol. The number of nitrogens with zero attached hydrogens (tertiary/aromatic N) is 3. The second-order valence-electron chi connectivity index (χ2n) is 6.97. The van der Waals surface area contributed by atoms with E-state index < -0.39 is 0 Å². The summed E-state index contributed by atoms with van der Waals surface area (Å²) in [5.41, 5.74) is 0.298. The lowest BCUT2D eigenvalue weighted by molar-refractivity contribution is -0.168. The van der Waals surface area contributed by atoms with Gasteiger partial charge in [-0.1, -0.05) is 6.42 Å². The number of aromatic nitrogens is 3. The van der Waals surface area contributed by atoms with Gasteiger partial charge in [-0.25, -0.2) is 4.98 Å². The van der Waals surface area contributed by atoms with Crippen LogP contribution in [0.1, 0.15) is 38.4 Å². The minimum absolute atomic E-state index is 0. The normalized spacial score (nSPS) is 23.3. The van der Waals surface area contributed by atoms with Crippen molar-refractivity contribution in [2.45, 2.75) is 51.3 Å². The molecule has 0 saturated heterocycles. The molecule has 0 aromatic carbocycles. The van der Waals surface area contributed by atoms with Crippen molar-refractivity contribution in [3.63, 3.8) is 0 Å². The monoisotopic (exact) mass is 486 g/mol. The van der Waals surface area contributed by atoms with Crippen molar-refractivity contribution in [3.8, 4) is 11.6 Å². The van der Waals surface area contributed by atoms with E-state index in [1.165, 1.54) is 19.3 Å². The molecule has 0 radical (unpaired) electrons. The molecule has 2 aromatic rings. The number of H-pyrrole nitrogens is 1. The summed E-state index contributed by atoms with van der Waals surface area (Å²) < 4.78 is 11.2. The maximum Gasteiger partial charge on any atom is 0.216 e. The SMILES string of the molecule is CCOC1CC(NC(=NC)NCc2nc(-c3ccco3)n[nH]2)C12CCC2.I. The Bertz CT molecular complexity index is 756. The first-order valence-electron chi connectivity index (χ1n) is 9.29. The third kappa shape index (κ3) is 3.84. The zero-order chi connectivity index (χ0) is 18.0. The van der Waals surface area contributed by atoms with Crippen LogP contribution >= 0.6 is 24.0 Å². The van der Waals surface area contributed by atoms with E-state index in [1.54, 1.807) is 13.3 Å². The first-order valence-corrected chi connectivity index (χ1v) is 9.29. The molecule has 2 unspecified atom stereocenters. The summed E-state index contributed by atoms with van der Waals surface area (Å²) in [5.74, 6) is 2.73. The molecule has 0 bridgehead atoms. The minimum Gasteiger partial charge on any atom is -0.461 e. The molecule has 2 aliphatic carbocycles. The van der Waals surface area contributed by atoms with Gasteiger partial charge in [0, 0.05) is 25.1 Å². The maximum atomic E-state index is 5.92. The largest absolute Gasteiger partial charge is 0.461 e. The second-order valence-corrected chi connectivity index (χ2v) is 6.97. The van der Waals surface area contributed by atoms with Crippen LogP contribution in [0.25, 0.3) is 11.6 Å². The quantitative estimate of drug-likeness (QED) is 0.330. The molecule has 9 heteroatoms. The highest BCUT2D eigenvalue weighted by Crippen LogP contribution is 2.57. The second kappa shape index (κ2) is 8.59. The van der Waals surface area contributed by atoms with Gasteiger partial charge in [0.2, 0.25) is 5.82 Å². The molecule has 2 saturated carbocycles. The van der Waals surface area contributed by atoms with E-state index >= 15 is 0 Å². The third-order valence-corrected chi connectivity index (χ3v) is 5.67. The molecule has 8 nitrogen and oxygen atoms in total. The van der Waals surface area contributed by atoms with Crippen molar-refractivity contribution in [1.29, 1.82) is 0 Å². The smallest absolute Gasteiger partial charge is 0.216 e. The maximum absolute atomic E-state index is 5.92. The van der Waals surface area contributed by atoms with Crippen LogP contribution in [0, 0.1) is 5.41 Å². The van der Waals surface area contributed by atoms with Crippen LogP contribution in [-0.2, 0) is 11.3 Å². The number of aromatic amines is 1. The van der Waals surface area contributed by atoms with Crippen molar-refractivity contribution in [2.75, 3.05) is 13.7 Å². The molecule has 0 amide bonds. The number of aliphatic imine (C=N–C) groups is 1. The molecular formula is C18H27IN6O2. The molecule has 4 rings (SSSR count). The van der Waals surface area contributed by atoms with E-state index in [0.717, 1.165) is 24.8 Å². The van der Waals surface area contributed by atoms with Gasteiger partial charge < -0.3 is 19.8 Å². The molecular weight excluding hydrogens is 459 g/mol. The third-order valence-electron chi connectivity index (χ3n) is 5.67. The van der Waals surface area contributed by atoms with Crippen LogP contribution in [0.15, 0.2) is 27.8 Å². The zero-order valence-corrected chi connectivity index (χ0v) is 18.0. The zero-order valence-electron chi connectivity index (χ0n) is 15.7. The predicted octanol–water partition coefficient (Wildman–Crippen LogP) is 2.70. The lowest BCUT2D eigenvalue weighted by Gasteiger charge is -2.61. The Balaban J connectivity index is 0.00000210. The lowest BCUT2D eigenvalue weighted by Crippen LogP contribution is -2.68. The molecule has 2 fully saturated rings. The van der Waals surface area contributed by atoms with E-state index in [-0.39, 0.29) is 24.0 Å². The van der Waals surface area contributed by atoms with Crippen LogP contribution in [0.5, 0.6) is 0 Å². The Morgan fingerprint density at radius 3 is 2.96 bits per heavy atom. The summed E-state index contributed by atoms with van der Waals surface area (Å²) in [4.78, 5) is 8.79. The Labute approximate surface area is 176 Å². The van der Waals surface area contributed by atoms with Gasteiger partial charge in [-0.2, -0.15) is 0 Å². The van der Waals surface area contributed by atoms with Crippen LogP contribution in [0.2, 0.25) is 0 Å². The standard InChI is InChI=1S/C18H26N6O2.HI/c1-3-25-14-10-13(18(14)7-5-8-18)21-17(19-2)20-11-15-22-16(24-23-15)12-6-4-9-26-12;/h4,6,9,13-14H,3,5,7-8,10-11H2,1-2H3,(H2,19,20,21)(H,22,23,24);1H. The fourth-order valence-electron chi connectivity index (χ4n) is 4.06. The summed E-state index contributed by atoms with van der Waals surface area (Å²) in [7, 11) is 1.79. The lowest BCUT2D eigenvalue weighted by atomic mass is 9.51. The van der Waals surface area contributed by atoms with Gasteiger partial charge in [-0.15, -0.1) is 29.1 Å². The van der Waals surface area contributed by atoms with E-state index in [1.807, 2.05) is 12.1 Å². The Morgan fingerprint density at radius 2 is 2.33 bits per heavy atom. The summed E-state index contributed by atoms with van der Waals surface area (Å²) in [6.07, 6.45) is 6.81. The van der Waals surface area contributed by atoms with Gasteiger partial charge in [0.1, 0.15) is 5.82 Å². The number of halogens is 1. The highest BCUT2D eigenvalue weighted by Gasteiger charge is 2.59. The van der Waals surface area contributed by atoms with Gasteiger partial charge in [0.05, 0.1) is 18.9 Å². The summed E-state index contributed by atoms with van der Waals surface area (Å²) in [6, 6.07) is 4.08. The van der Waals surface area contributed by atoms with Crippen molar-refractivity contribution < 1.29 is 9.15 Å². The Hall–Kier alpha value is -1.62. The summed E-state index contributed by atoms with van der Waals surface area (Å²) in [5, 5.41) is 14.0. The van der Waals surface area contributed by atoms with Crippen molar-refractivity contribution in [1.82, 2.24) is 25.8 Å². The Kier molecular flexibility index (Phi) is 6.40. The van der Waals surface area contributed by atoms with Crippen molar-refractivity contribution in [3.05, 3.63) is 24.2 Å². The van der Waals surface area contributed by atoms with Gasteiger partial charge in [0.15, 0.2) is 11.7 Å². The highest BCUT2D eigenvalue weighted by atomic mass is 127. The van der Waals surface area contributed by atoms with Crippen LogP contribution < -0.4 is 10.6 Å². The van der Waals surface area contributed by atoms with Gasteiger partial charge >= 0.3 is 0 Å². The van der Waals surface area contributed by atoms with E-state index in [4.69, 9.17) is 9.15 Å². The average Bonchev–Trinajstić information content (AvgIpc) is 3.26. The molecule has 2 heterocycles. The van der Waals surface area contributed by atoms with E-state index in [2.05, 4.69) is 37.7 Å². The van der Waals surface area contributed by atoms with Crippen molar-refractivity contribution >= 4 is 29.9 Å². The van der Waals surface area contributed by atoms with Crippen LogP contribution in [-0.4, -0.2) is 46.9 Å². The van der Waals surface area contributed by atoms with Gasteiger partial charge in [-0.05, 0) is 38.3 Å². The van der Waals surface area contributed by atoms with Gasteiger partial charge in [0.25, 0.3) is 0 Å². The number of ether oxygens (including phenoxy) is 1.